The molecule has 0 aliphatic carbocycles. The number of hydrogen-bond acceptors (Lipinski definition) is 7. The maximum absolute atomic E-state index is 9.05. The summed E-state index contributed by atoms with van der Waals surface area (Å²) in [5.41, 5.74) is 2.31. The number of morpholine rings is 1. The molecule has 1 fully saturated rings. The van der Waals surface area contributed by atoms with E-state index in [-0.39, 0.29) is 6.04 Å². The molecule has 0 N–H and O–H groups in total. The van der Waals surface area contributed by atoms with Gasteiger partial charge in [-0.1, -0.05) is 23.4 Å². The van der Waals surface area contributed by atoms with Gasteiger partial charge in [-0.3, -0.25) is 9.88 Å². The quantitative estimate of drug-likeness (QED) is 0.716. The molecule has 0 bridgehead atoms. The van der Waals surface area contributed by atoms with Crippen molar-refractivity contribution in [1.29, 1.82) is 5.26 Å². The van der Waals surface area contributed by atoms with Crippen LogP contribution in [0.3, 0.4) is 0 Å². The summed E-state index contributed by atoms with van der Waals surface area (Å²) in [4.78, 5) is 11.2. The molecule has 7 heteroatoms. The SMILES string of the molecule is N#Cc1cccc(-c2noc(C3COCCN3Cc3ccccn3)n2)c1. The van der Waals surface area contributed by atoms with Crippen molar-refractivity contribution in [3.05, 3.63) is 65.8 Å². The molecule has 4 rings (SSSR count). The number of nitriles is 1. The van der Waals surface area contributed by atoms with Crippen LogP contribution in [0.1, 0.15) is 23.2 Å². The van der Waals surface area contributed by atoms with Gasteiger partial charge in [-0.05, 0) is 24.3 Å². The fourth-order valence-electron chi connectivity index (χ4n) is 2.97. The zero-order chi connectivity index (χ0) is 17.8. The van der Waals surface area contributed by atoms with E-state index < -0.39 is 0 Å². The first-order chi connectivity index (χ1) is 12.8. The molecule has 2 aromatic heterocycles. The van der Waals surface area contributed by atoms with Gasteiger partial charge in [-0.15, -0.1) is 0 Å². The lowest BCUT2D eigenvalue weighted by Crippen LogP contribution is -2.39. The second kappa shape index (κ2) is 7.44. The number of hydrogen-bond donors (Lipinski definition) is 0. The Balaban J connectivity index is 1.57. The number of ether oxygens (including phenoxy) is 1. The molecule has 1 unspecified atom stereocenters. The van der Waals surface area contributed by atoms with Gasteiger partial charge < -0.3 is 9.26 Å². The number of benzene rings is 1. The van der Waals surface area contributed by atoms with E-state index in [1.165, 1.54) is 0 Å². The van der Waals surface area contributed by atoms with Gasteiger partial charge in [0.15, 0.2) is 0 Å². The molecule has 0 spiro atoms. The molecule has 26 heavy (non-hydrogen) atoms. The summed E-state index contributed by atoms with van der Waals surface area (Å²) in [6, 6.07) is 15.0. The standard InChI is InChI=1S/C19H17N5O2/c20-11-14-4-3-5-15(10-14)18-22-19(26-23-18)17-13-25-9-8-24(17)12-16-6-1-2-7-21-16/h1-7,10,17H,8-9,12-13H2. The third-order valence-electron chi connectivity index (χ3n) is 4.31. The topological polar surface area (TPSA) is 88.1 Å². The lowest BCUT2D eigenvalue weighted by atomic mass is 10.1. The Labute approximate surface area is 150 Å². The van der Waals surface area contributed by atoms with E-state index in [2.05, 4.69) is 26.1 Å². The summed E-state index contributed by atoms with van der Waals surface area (Å²) in [6.07, 6.45) is 1.79. The minimum Gasteiger partial charge on any atom is -0.378 e. The lowest BCUT2D eigenvalue weighted by Gasteiger charge is -2.32. The van der Waals surface area contributed by atoms with Crippen molar-refractivity contribution >= 4 is 0 Å². The molecular weight excluding hydrogens is 330 g/mol. The molecule has 1 aliphatic rings. The van der Waals surface area contributed by atoms with Gasteiger partial charge in [-0.2, -0.15) is 10.2 Å². The van der Waals surface area contributed by atoms with Crippen LogP contribution in [-0.4, -0.2) is 39.8 Å². The van der Waals surface area contributed by atoms with Gasteiger partial charge in [-0.25, -0.2) is 0 Å². The number of aromatic nitrogens is 3. The van der Waals surface area contributed by atoms with Crippen LogP contribution in [0.25, 0.3) is 11.4 Å². The molecule has 7 nitrogen and oxygen atoms in total. The second-order valence-corrected chi connectivity index (χ2v) is 6.03. The fourth-order valence-corrected chi connectivity index (χ4v) is 2.97. The number of nitrogens with zero attached hydrogens (tertiary/aromatic N) is 5. The summed E-state index contributed by atoms with van der Waals surface area (Å²) < 4.78 is 11.1. The van der Waals surface area contributed by atoms with E-state index in [4.69, 9.17) is 14.5 Å². The van der Waals surface area contributed by atoms with Crippen LogP contribution >= 0.6 is 0 Å². The first-order valence-corrected chi connectivity index (χ1v) is 8.39. The molecule has 1 aromatic carbocycles. The highest BCUT2D eigenvalue weighted by Crippen LogP contribution is 2.26. The Bertz CT molecular complexity index is 919. The van der Waals surface area contributed by atoms with Crippen LogP contribution in [0.4, 0.5) is 0 Å². The zero-order valence-corrected chi connectivity index (χ0v) is 14.1. The highest BCUT2D eigenvalue weighted by atomic mass is 16.5. The largest absolute Gasteiger partial charge is 0.378 e. The molecule has 0 amide bonds. The molecule has 1 saturated heterocycles. The Morgan fingerprint density at radius 1 is 1.23 bits per heavy atom. The predicted molar refractivity (Wildman–Crippen MR) is 92.7 cm³/mol. The predicted octanol–water partition coefficient (Wildman–Crippen LogP) is 2.58. The highest BCUT2D eigenvalue weighted by molar-refractivity contribution is 5.57. The molecule has 1 atom stereocenters. The first-order valence-electron chi connectivity index (χ1n) is 8.39. The van der Waals surface area contributed by atoms with Crippen molar-refractivity contribution in [3.8, 4) is 17.5 Å². The van der Waals surface area contributed by atoms with E-state index in [0.29, 0.717) is 37.0 Å². The van der Waals surface area contributed by atoms with Gasteiger partial charge in [0.05, 0.1) is 30.5 Å². The Morgan fingerprint density at radius 3 is 3.04 bits per heavy atom. The average molecular weight is 347 g/mol. The van der Waals surface area contributed by atoms with E-state index >= 15 is 0 Å². The normalized spacial score (nSPS) is 17.7. The Kier molecular flexibility index (Phi) is 4.69. The molecule has 1 aliphatic heterocycles. The van der Waals surface area contributed by atoms with Crippen molar-refractivity contribution in [3.63, 3.8) is 0 Å². The van der Waals surface area contributed by atoms with Gasteiger partial charge in [0.25, 0.3) is 0 Å². The van der Waals surface area contributed by atoms with Crippen molar-refractivity contribution in [2.24, 2.45) is 0 Å². The van der Waals surface area contributed by atoms with Crippen molar-refractivity contribution in [2.45, 2.75) is 12.6 Å². The zero-order valence-electron chi connectivity index (χ0n) is 14.1. The molecule has 0 saturated carbocycles. The van der Waals surface area contributed by atoms with E-state index in [1.807, 2.05) is 24.3 Å². The van der Waals surface area contributed by atoms with Crippen LogP contribution in [0, 0.1) is 11.3 Å². The maximum Gasteiger partial charge on any atom is 0.246 e. The van der Waals surface area contributed by atoms with Crippen LogP contribution in [0.2, 0.25) is 0 Å². The van der Waals surface area contributed by atoms with Gasteiger partial charge in [0.1, 0.15) is 6.04 Å². The van der Waals surface area contributed by atoms with Crippen molar-refractivity contribution in [2.75, 3.05) is 19.8 Å². The van der Waals surface area contributed by atoms with E-state index in [9.17, 15) is 0 Å². The number of rotatable bonds is 4. The van der Waals surface area contributed by atoms with E-state index in [1.54, 1.807) is 24.4 Å². The third kappa shape index (κ3) is 3.47. The maximum atomic E-state index is 9.05. The monoisotopic (exact) mass is 347 g/mol. The number of pyridine rings is 1. The molecule has 3 heterocycles. The average Bonchev–Trinajstić information content (AvgIpc) is 3.19. The first kappa shape index (κ1) is 16.4. The molecular formula is C19H17N5O2. The minimum absolute atomic E-state index is 0.119. The summed E-state index contributed by atoms with van der Waals surface area (Å²) in [5.74, 6) is 0.985. The molecule has 130 valence electrons. The summed E-state index contributed by atoms with van der Waals surface area (Å²) in [5, 5.41) is 13.1. The van der Waals surface area contributed by atoms with Gasteiger partial charge in [0.2, 0.25) is 11.7 Å². The van der Waals surface area contributed by atoms with Crippen LogP contribution < -0.4 is 0 Å². The second-order valence-electron chi connectivity index (χ2n) is 6.03. The fraction of sp³-hybridized carbons (Fsp3) is 0.263. The van der Waals surface area contributed by atoms with Gasteiger partial charge in [0, 0.05) is 24.8 Å². The molecule has 3 aromatic rings. The van der Waals surface area contributed by atoms with Gasteiger partial charge >= 0.3 is 0 Å². The lowest BCUT2D eigenvalue weighted by molar-refractivity contribution is -0.0246. The van der Waals surface area contributed by atoms with Crippen molar-refractivity contribution < 1.29 is 9.26 Å². The highest BCUT2D eigenvalue weighted by Gasteiger charge is 2.30. The summed E-state index contributed by atoms with van der Waals surface area (Å²) >= 11 is 0. The summed E-state index contributed by atoms with van der Waals surface area (Å²) in [7, 11) is 0. The smallest absolute Gasteiger partial charge is 0.246 e. The summed E-state index contributed by atoms with van der Waals surface area (Å²) in [6.45, 7) is 2.61. The Morgan fingerprint density at radius 2 is 2.19 bits per heavy atom. The van der Waals surface area contributed by atoms with Crippen molar-refractivity contribution in [1.82, 2.24) is 20.0 Å². The minimum atomic E-state index is -0.119. The van der Waals surface area contributed by atoms with E-state index in [0.717, 1.165) is 17.8 Å². The van der Waals surface area contributed by atoms with Crippen LogP contribution in [-0.2, 0) is 11.3 Å². The third-order valence-corrected chi connectivity index (χ3v) is 4.31. The van der Waals surface area contributed by atoms with Crippen LogP contribution in [0.5, 0.6) is 0 Å². The van der Waals surface area contributed by atoms with Crippen LogP contribution in [0.15, 0.2) is 53.2 Å². The molecule has 0 radical (unpaired) electrons. The Hall–Kier alpha value is -3.08.